The number of guanidine groups is 1. The topological polar surface area (TPSA) is 95.1 Å². The molecule has 0 saturated heterocycles. The fourth-order valence-corrected chi connectivity index (χ4v) is 2.89. The van der Waals surface area contributed by atoms with Gasteiger partial charge in [-0.1, -0.05) is 18.2 Å². The predicted molar refractivity (Wildman–Crippen MR) is 123 cm³/mol. The second-order valence-corrected chi connectivity index (χ2v) is 7.06. The van der Waals surface area contributed by atoms with Crippen molar-refractivity contribution in [1.82, 2.24) is 20.9 Å². The normalized spacial score (nSPS) is 10.9. The molecule has 0 spiro atoms. The van der Waals surface area contributed by atoms with Crippen molar-refractivity contribution in [3.8, 4) is 5.75 Å². The van der Waals surface area contributed by atoms with Crippen molar-refractivity contribution in [3.63, 3.8) is 0 Å². The number of nitrogens with one attached hydrogen (secondary N) is 3. The molecule has 0 aliphatic rings. The number of hydrogen-bond donors (Lipinski definition) is 3. The van der Waals surface area contributed by atoms with Gasteiger partial charge < -0.3 is 25.6 Å². The van der Waals surface area contributed by atoms with Crippen LogP contribution in [-0.4, -0.2) is 70.6 Å². The molecule has 2 amide bonds. The molecule has 2 rings (SSSR count). The molecule has 0 aromatic heterocycles. The summed E-state index contributed by atoms with van der Waals surface area (Å²) in [5, 5.41) is 9.27. The van der Waals surface area contributed by atoms with E-state index in [1.807, 2.05) is 24.3 Å². The quantitative estimate of drug-likeness (QED) is 0.322. The summed E-state index contributed by atoms with van der Waals surface area (Å²) in [4.78, 5) is 30.0. The molecule has 0 atom stereocenters. The first-order valence-corrected chi connectivity index (χ1v) is 10.1. The zero-order valence-corrected chi connectivity index (χ0v) is 18.6. The number of ether oxygens (including phenoxy) is 1. The lowest BCUT2D eigenvalue weighted by Crippen LogP contribution is -2.42. The van der Waals surface area contributed by atoms with Gasteiger partial charge in [-0.25, -0.2) is 0 Å². The van der Waals surface area contributed by atoms with Crippen molar-refractivity contribution in [3.05, 3.63) is 65.2 Å². The van der Waals surface area contributed by atoms with Gasteiger partial charge in [-0.05, 0) is 42.3 Å². The maximum atomic E-state index is 12.2. The van der Waals surface area contributed by atoms with Gasteiger partial charge in [0.2, 0.25) is 0 Å². The average molecular weight is 426 g/mol. The number of nitrogens with zero attached hydrogens (tertiary/aromatic N) is 2. The molecule has 0 fully saturated rings. The van der Waals surface area contributed by atoms with Crippen molar-refractivity contribution < 1.29 is 14.3 Å². The Morgan fingerprint density at radius 2 is 1.61 bits per heavy atom. The highest BCUT2D eigenvalue weighted by atomic mass is 16.5. The standard InChI is InChI=1S/C23H31N5O3/c1-24-23(26-12-11-17-7-5-9-19(15-17)22(30)28(2)3)27-14-13-25-21(29)18-8-6-10-20(16-18)31-4/h5-10,15-16H,11-14H2,1-4H3,(H,25,29)(H2,24,26,27). The van der Waals surface area contributed by atoms with Gasteiger partial charge in [0.15, 0.2) is 5.96 Å². The summed E-state index contributed by atoms with van der Waals surface area (Å²) >= 11 is 0. The molecular formula is C23H31N5O3. The van der Waals surface area contributed by atoms with E-state index in [-0.39, 0.29) is 11.8 Å². The van der Waals surface area contributed by atoms with Crippen LogP contribution in [0.2, 0.25) is 0 Å². The molecule has 166 valence electrons. The van der Waals surface area contributed by atoms with E-state index in [1.165, 1.54) is 0 Å². The Hall–Kier alpha value is -3.55. The van der Waals surface area contributed by atoms with E-state index >= 15 is 0 Å². The summed E-state index contributed by atoms with van der Waals surface area (Å²) in [5.41, 5.74) is 2.30. The van der Waals surface area contributed by atoms with E-state index < -0.39 is 0 Å². The number of aliphatic imine (C=N–C) groups is 1. The van der Waals surface area contributed by atoms with Crippen molar-refractivity contribution in [2.45, 2.75) is 6.42 Å². The first kappa shape index (κ1) is 23.7. The largest absolute Gasteiger partial charge is 0.497 e. The van der Waals surface area contributed by atoms with Crippen LogP contribution in [0.15, 0.2) is 53.5 Å². The third-order valence-electron chi connectivity index (χ3n) is 4.54. The van der Waals surface area contributed by atoms with E-state index in [2.05, 4.69) is 20.9 Å². The molecule has 0 heterocycles. The molecular weight excluding hydrogens is 394 g/mol. The van der Waals surface area contributed by atoms with Gasteiger partial charge in [0.05, 0.1) is 7.11 Å². The molecule has 31 heavy (non-hydrogen) atoms. The molecule has 8 nitrogen and oxygen atoms in total. The minimum absolute atomic E-state index is 0.0109. The fraction of sp³-hybridized carbons (Fsp3) is 0.348. The molecule has 0 saturated carbocycles. The van der Waals surface area contributed by atoms with Crippen molar-refractivity contribution in [2.24, 2.45) is 4.99 Å². The van der Waals surface area contributed by atoms with Crippen LogP contribution >= 0.6 is 0 Å². The Bertz CT molecular complexity index is 912. The highest BCUT2D eigenvalue weighted by Gasteiger charge is 2.08. The first-order valence-electron chi connectivity index (χ1n) is 10.1. The van der Waals surface area contributed by atoms with Crippen LogP contribution in [0, 0.1) is 0 Å². The van der Waals surface area contributed by atoms with Gasteiger partial charge >= 0.3 is 0 Å². The van der Waals surface area contributed by atoms with Crippen LogP contribution in [0.5, 0.6) is 5.75 Å². The Kier molecular flexibility index (Phi) is 9.35. The molecule has 3 N–H and O–H groups in total. The minimum atomic E-state index is -0.157. The molecule has 0 bridgehead atoms. The molecule has 8 heteroatoms. The lowest BCUT2D eigenvalue weighted by Gasteiger charge is -2.13. The molecule has 0 radical (unpaired) electrons. The van der Waals surface area contributed by atoms with Crippen LogP contribution < -0.4 is 20.7 Å². The second kappa shape index (κ2) is 12.2. The van der Waals surface area contributed by atoms with Crippen LogP contribution in [0.1, 0.15) is 26.3 Å². The maximum absolute atomic E-state index is 12.2. The molecule has 2 aromatic rings. The van der Waals surface area contributed by atoms with Crippen molar-refractivity contribution in [2.75, 3.05) is 47.9 Å². The van der Waals surface area contributed by atoms with Gasteiger partial charge in [0.25, 0.3) is 11.8 Å². The zero-order chi connectivity index (χ0) is 22.6. The Morgan fingerprint density at radius 3 is 2.32 bits per heavy atom. The Labute approximate surface area is 183 Å². The molecule has 2 aromatic carbocycles. The number of carbonyl (C=O) groups excluding carboxylic acids is 2. The van der Waals surface area contributed by atoms with Crippen LogP contribution in [0.3, 0.4) is 0 Å². The van der Waals surface area contributed by atoms with Gasteiger partial charge in [-0.15, -0.1) is 0 Å². The second-order valence-electron chi connectivity index (χ2n) is 7.06. The average Bonchev–Trinajstić information content (AvgIpc) is 2.80. The van der Waals surface area contributed by atoms with Gasteiger partial charge in [-0.3, -0.25) is 14.6 Å². The summed E-state index contributed by atoms with van der Waals surface area (Å²) in [6, 6.07) is 14.6. The van der Waals surface area contributed by atoms with Gasteiger partial charge in [0, 0.05) is 51.9 Å². The SMILES string of the molecule is CN=C(NCCNC(=O)c1cccc(OC)c1)NCCc1cccc(C(=O)N(C)C)c1. The maximum Gasteiger partial charge on any atom is 0.253 e. The number of methoxy groups -OCH3 is 1. The van der Waals surface area contributed by atoms with Gasteiger partial charge in [-0.2, -0.15) is 0 Å². The minimum Gasteiger partial charge on any atom is -0.497 e. The summed E-state index contributed by atoms with van der Waals surface area (Å²) in [6.45, 7) is 1.64. The predicted octanol–water partition coefficient (Wildman–Crippen LogP) is 1.53. The Balaban J connectivity index is 1.72. The van der Waals surface area contributed by atoms with E-state index in [0.29, 0.717) is 42.5 Å². The van der Waals surface area contributed by atoms with E-state index in [9.17, 15) is 9.59 Å². The zero-order valence-electron chi connectivity index (χ0n) is 18.6. The van der Waals surface area contributed by atoms with E-state index in [4.69, 9.17) is 4.74 Å². The van der Waals surface area contributed by atoms with Crippen LogP contribution in [0.4, 0.5) is 0 Å². The third-order valence-corrected chi connectivity index (χ3v) is 4.54. The third kappa shape index (κ3) is 7.65. The van der Waals surface area contributed by atoms with Crippen molar-refractivity contribution >= 4 is 17.8 Å². The number of hydrogen-bond acceptors (Lipinski definition) is 4. The van der Waals surface area contributed by atoms with Crippen LogP contribution in [0.25, 0.3) is 0 Å². The number of benzene rings is 2. The summed E-state index contributed by atoms with van der Waals surface area (Å²) in [5.74, 6) is 1.13. The van der Waals surface area contributed by atoms with Gasteiger partial charge in [0.1, 0.15) is 5.75 Å². The lowest BCUT2D eigenvalue weighted by molar-refractivity contribution is 0.0827. The summed E-state index contributed by atoms with van der Waals surface area (Å²) in [7, 11) is 6.75. The molecule has 0 unspecified atom stereocenters. The smallest absolute Gasteiger partial charge is 0.253 e. The van der Waals surface area contributed by atoms with Crippen LogP contribution in [-0.2, 0) is 6.42 Å². The molecule has 0 aliphatic carbocycles. The highest BCUT2D eigenvalue weighted by molar-refractivity contribution is 5.94. The summed E-state index contributed by atoms with van der Waals surface area (Å²) in [6.07, 6.45) is 0.752. The highest BCUT2D eigenvalue weighted by Crippen LogP contribution is 2.12. The summed E-state index contributed by atoms with van der Waals surface area (Å²) < 4.78 is 5.14. The molecule has 0 aliphatic heterocycles. The number of carbonyl (C=O) groups is 2. The Morgan fingerprint density at radius 1 is 0.935 bits per heavy atom. The number of amides is 2. The van der Waals surface area contributed by atoms with Crippen molar-refractivity contribution in [1.29, 1.82) is 0 Å². The first-order chi connectivity index (χ1) is 14.9. The monoisotopic (exact) mass is 425 g/mol. The number of rotatable bonds is 9. The lowest BCUT2D eigenvalue weighted by atomic mass is 10.1. The fourth-order valence-electron chi connectivity index (χ4n) is 2.89. The van der Waals surface area contributed by atoms with E-state index in [1.54, 1.807) is 57.4 Å². The van der Waals surface area contributed by atoms with E-state index in [0.717, 1.165) is 12.0 Å².